The van der Waals surface area contributed by atoms with Crippen molar-refractivity contribution in [3.8, 4) is 0 Å². The summed E-state index contributed by atoms with van der Waals surface area (Å²) in [4.78, 5) is 0. The van der Waals surface area contributed by atoms with Gasteiger partial charge in [-0.2, -0.15) is 0 Å². The summed E-state index contributed by atoms with van der Waals surface area (Å²) < 4.78 is 53.2. The predicted molar refractivity (Wildman–Crippen MR) is 82.3 cm³/mol. The largest absolute Gasteiger partial charge is 0.332 e. The van der Waals surface area contributed by atoms with Crippen molar-refractivity contribution in [1.82, 2.24) is 0 Å². The molecule has 0 bridgehead atoms. The van der Waals surface area contributed by atoms with Gasteiger partial charge >= 0.3 is 0 Å². The maximum absolute atomic E-state index is 13.5. The molecule has 2 aromatic carbocycles. The second-order valence-corrected chi connectivity index (χ2v) is 5.20. The highest BCUT2D eigenvalue weighted by atomic mass is 35.5. The number of hydrogen-bond donors (Lipinski definition) is 2. The second kappa shape index (κ2) is 6.50. The maximum Gasteiger partial charge on any atom is 0.185 e. The van der Waals surface area contributed by atoms with E-state index in [4.69, 9.17) is 23.8 Å². The Balaban J connectivity index is 2.21. The van der Waals surface area contributed by atoms with Crippen LogP contribution in [0.5, 0.6) is 0 Å². The average molecular weight is 349 g/mol. The zero-order valence-corrected chi connectivity index (χ0v) is 12.7. The van der Waals surface area contributed by atoms with Crippen molar-refractivity contribution < 1.29 is 17.6 Å². The molecule has 0 fully saturated rings. The number of anilines is 2. The van der Waals surface area contributed by atoms with Gasteiger partial charge in [0, 0.05) is 16.8 Å². The van der Waals surface area contributed by atoms with E-state index in [-0.39, 0.29) is 11.2 Å². The van der Waals surface area contributed by atoms with Gasteiger partial charge in [-0.1, -0.05) is 17.7 Å². The van der Waals surface area contributed by atoms with Crippen LogP contribution < -0.4 is 10.6 Å². The molecule has 0 radical (unpaired) electrons. The van der Waals surface area contributed by atoms with Crippen LogP contribution in [0.15, 0.2) is 24.3 Å². The quantitative estimate of drug-likeness (QED) is 0.453. The smallest absolute Gasteiger partial charge is 0.185 e. The van der Waals surface area contributed by atoms with Gasteiger partial charge in [0.15, 0.2) is 28.4 Å². The SMILES string of the molecule is Cc1ccc(NC(=S)Nc2c(F)c(F)cc(F)c2F)cc1Cl. The number of hydrogen-bond acceptors (Lipinski definition) is 1. The molecular formula is C14H9ClF4N2S. The number of nitrogens with one attached hydrogen (secondary N) is 2. The lowest BCUT2D eigenvalue weighted by atomic mass is 10.2. The summed E-state index contributed by atoms with van der Waals surface area (Å²) in [6, 6.07) is 5.00. The molecule has 0 heterocycles. The Labute approximate surface area is 134 Å². The molecule has 0 saturated heterocycles. The highest BCUT2D eigenvalue weighted by molar-refractivity contribution is 7.80. The predicted octanol–water partition coefficient (Wildman–Crippen LogP) is 5.01. The van der Waals surface area contributed by atoms with Gasteiger partial charge in [0.25, 0.3) is 0 Å². The van der Waals surface area contributed by atoms with Crippen LogP contribution in [-0.2, 0) is 0 Å². The first-order chi connectivity index (χ1) is 10.3. The van der Waals surface area contributed by atoms with Gasteiger partial charge in [0.1, 0.15) is 5.69 Å². The van der Waals surface area contributed by atoms with E-state index in [1.54, 1.807) is 25.1 Å². The summed E-state index contributed by atoms with van der Waals surface area (Å²) >= 11 is 10.8. The third-order valence-electron chi connectivity index (χ3n) is 2.78. The highest BCUT2D eigenvalue weighted by Gasteiger charge is 2.19. The number of rotatable bonds is 2. The van der Waals surface area contributed by atoms with Gasteiger partial charge in [-0.25, -0.2) is 17.6 Å². The van der Waals surface area contributed by atoms with Crippen molar-refractivity contribution in [3.05, 3.63) is 58.1 Å². The van der Waals surface area contributed by atoms with Gasteiger partial charge in [-0.15, -0.1) is 0 Å². The standard InChI is InChI=1S/C14H9ClF4N2S/c1-6-2-3-7(4-8(6)15)20-14(22)21-13-11(18)9(16)5-10(17)12(13)19/h2-5H,1H3,(H2,20,21,22). The van der Waals surface area contributed by atoms with Crippen molar-refractivity contribution in [2.45, 2.75) is 6.92 Å². The normalized spacial score (nSPS) is 10.5. The highest BCUT2D eigenvalue weighted by Crippen LogP contribution is 2.25. The monoisotopic (exact) mass is 348 g/mol. The molecule has 0 unspecified atom stereocenters. The molecule has 0 aliphatic carbocycles. The fourth-order valence-corrected chi connectivity index (χ4v) is 2.03. The molecular weight excluding hydrogens is 340 g/mol. The molecule has 0 spiro atoms. The summed E-state index contributed by atoms with van der Waals surface area (Å²) in [7, 11) is 0. The molecule has 0 aliphatic rings. The fraction of sp³-hybridized carbons (Fsp3) is 0.0714. The molecule has 0 aromatic heterocycles. The average Bonchev–Trinajstić information content (AvgIpc) is 2.45. The van der Waals surface area contributed by atoms with E-state index in [2.05, 4.69) is 10.6 Å². The van der Waals surface area contributed by atoms with Gasteiger partial charge < -0.3 is 10.6 Å². The van der Waals surface area contributed by atoms with Crippen LogP contribution in [0.2, 0.25) is 5.02 Å². The van der Waals surface area contributed by atoms with Crippen molar-refractivity contribution >= 4 is 40.3 Å². The zero-order chi connectivity index (χ0) is 16.4. The van der Waals surface area contributed by atoms with Crippen LogP contribution >= 0.6 is 23.8 Å². The Morgan fingerprint density at radius 1 is 1.00 bits per heavy atom. The molecule has 2 rings (SSSR count). The molecule has 0 aliphatic heterocycles. The summed E-state index contributed by atoms with van der Waals surface area (Å²) in [6.07, 6.45) is 0. The molecule has 0 atom stereocenters. The van der Waals surface area contributed by atoms with Gasteiger partial charge in [0.2, 0.25) is 0 Å². The first-order valence-corrected chi connectivity index (χ1v) is 6.75. The third-order valence-corrected chi connectivity index (χ3v) is 3.39. The summed E-state index contributed by atoms with van der Waals surface area (Å²) in [6.45, 7) is 1.79. The van der Waals surface area contributed by atoms with Crippen LogP contribution in [0.3, 0.4) is 0 Å². The Hall–Kier alpha value is -1.86. The van der Waals surface area contributed by atoms with Crippen LogP contribution in [0, 0.1) is 30.2 Å². The Morgan fingerprint density at radius 2 is 1.59 bits per heavy atom. The second-order valence-electron chi connectivity index (χ2n) is 4.39. The maximum atomic E-state index is 13.5. The van der Waals surface area contributed by atoms with E-state index >= 15 is 0 Å². The first kappa shape index (κ1) is 16.5. The molecule has 0 saturated carbocycles. The van der Waals surface area contributed by atoms with E-state index in [1.165, 1.54) is 0 Å². The van der Waals surface area contributed by atoms with Crippen molar-refractivity contribution in [3.63, 3.8) is 0 Å². The summed E-state index contributed by atoms with van der Waals surface area (Å²) in [5.74, 6) is -6.18. The van der Waals surface area contributed by atoms with Crippen LogP contribution in [0.4, 0.5) is 28.9 Å². The van der Waals surface area contributed by atoms with E-state index in [9.17, 15) is 17.6 Å². The minimum Gasteiger partial charge on any atom is -0.332 e. The number of aryl methyl sites for hydroxylation is 1. The van der Waals surface area contributed by atoms with E-state index in [0.29, 0.717) is 10.7 Å². The lowest BCUT2D eigenvalue weighted by molar-refractivity contribution is 0.459. The van der Waals surface area contributed by atoms with Crippen molar-refractivity contribution in [1.29, 1.82) is 0 Å². The number of halogens is 5. The van der Waals surface area contributed by atoms with E-state index < -0.39 is 29.0 Å². The summed E-state index contributed by atoms with van der Waals surface area (Å²) in [5, 5.41) is 4.91. The Morgan fingerprint density at radius 3 is 2.14 bits per heavy atom. The Kier molecular flexibility index (Phi) is 4.87. The molecule has 0 amide bonds. The van der Waals surface area contributed by atoms with Crippen LogP contribution in [0.1, 0.15) is 5.56 Å². The van der Waals surface area contributed by atoms with Gasteiger partial charge in [-0.3, -0.25) is 0 Å². The lowest BCUT2D eigenvalue weighted by Crippen LogP contribution is -2.21. The lowest BCUT2D eigenvalue weighted by Gasteiger charge is -2.13. The first-order valence-electron chi connectivity index (χ1n) is 5.96. The topological polar surface area (TPSA) is 24.1 Å². The summed E-state index contributed by atoms with van der Waals surface area (Å²) in [5.41, 5.74) is 0.273. The molecule has 2 nitrogen and oxygen atoms in total. The van der Waals surface area contributed by atoms with Crippen LogP contribution in [-0.4, -0.2) is 5.11 Å². The third kappa shape index (κ3) is 3.48. The minimum absolute atomic E-state index is 0.117. The molecule has 8 heteroatoms. The van der Waals surface area contributed by atoms with Crippen molar-refractivity contribution in [2.24, 2.45) is 0 Å². The zero-order valence-electron chi connectivity index (χ0n) is 11.1. The molecule has 2 aromatic rings. The minimum atomic E-state index is -1.56. The van der Waals surface area contributed by atoms with E-state index in [1.807, 2.05) is 0 Å². The molecule has 116 valence electrons. The van der Waals surface area contributed by atoms with Gasteiger partial charge in [0.05, 0.1) is 0 Å². The Bertz CT molecular complexity index is 726. The molecule has 22 heavy (non-hydrogen) atoms. The molecule has 2 N–H and O–H groups in total. The van der Waals surface area contributed by atoms with Crippen molar-refractivity contribution in [2.75, 3.05) is 10.6 Å². The number of thiocarbonyl (C=S) groups is 1. The van der Waals surface area contributed by atoms with E-state index in [0.717, 1.165) is 5.56 Å². The van der Waals surface area contributed by atoms with Crippen LogP contribution in [0.25, 0.3) is 0 Å². The number of benzene rings is 2. The fourth-order valence-electron chi connectivity index (χ4n) is 1.63. The van der Waals surface area contributed by atoms with Gasteiger partial charge in [-0.05, 0) is 36.8 Å².